The predicted octanol–water partition coefficient (Wildman–Crippen LogP) is 3.79. The topological polar surface area (TPSA) is 20.3 Å². The predicted molar refractivity (Wildman–Crippen MR) is 80.7 cm³/mol. The number of hydrogen-bond donors (Lipinski definition) is 0. The summed E-state index contributed by atoms with van der Waals surface area (Å²) >= 11 is 0. The minimum atomic E-state index is -0.828. The highest BCUT2D eigenvalue weighted by Gasteiger charge is 2.15. The summed E-state index contributed by atoms with van der Waals surface area (Å²) in [7, 11) is 0. The van der Waals surface area contributed by atoms with Gasteiger partial charge >= 0.3 is 0 Å². The van der Waals surface area contributed by atoms with Crippen LogP contribution in [0.15, 0.2) is 42.5 Å². The molecule has 22 heavy (non-hydrogen) atoms. The molecule has 0 N–H and O–H groups in total. The molecule has 0 aliphatic carbocycles. The summed E-state index contributed by atoms with van der Waals surface area (Å²) in [6.45, 7) is 3.10. The molecule has 2 nitrogen and oxygen atoms in total. The van der Waals surface area contributed by atoms with Gasteiger partial charge in [0.25, 0.3) is 0 Å². The van der Waals surface area contributed by atoms with Crippen molar-refractivity contribution >= 4 is 5.78 Å². The molecule has 0 saturated carbocycles. The SMILES string of the molecule is O=C(c1ccc(CN2CCCC2)cc1)c1ccc(F)cc1F. The van der Waals surface area contributed by atoms with Gasteiger partial charge in [0.15, 0.2) is 5.78 Å². The smallest absolute Gasteiger partial charge is 0.195 e. The van der Waals surface area contributed by atoms with Crippen LogP contribution < -0.4 is 0 Å². The second kappa shape index (κ2) is 6.36. The van der Waals surface area contributed by atoms with Crippen LogP contribution in [0.1, 0.15) is 34.3 Å². The summed E-state index contributed by atoms with van der Waals surface area (Å²) in [5.41, 5.74) is 1.45. The first kappa shape index (κ1) is 14.9. The molecule has 0 radical (unpaired) electrons. The van der Waals surface area contributed by atoms with Crippen molar-refractivity contribution < 1.29 is 13.6 Å². The van der Waals surface area contributed by atoms with Gasteiger partial charge in [-0.3, -0.25) is 9.69 Å². The molecule has 0 unspecified atom stereocenters. The van der Waals surface area contributed by atoms with Gasteiger partial charge in [0.2, 0.25) is 0 Å². The van der Waals surface area contributed by atoms with Crippen molar-refractivity contribution in [3.05, 3.63) is 70.8 Å². The van der Waals surface area contributed by atoms with Crippen molar-refractivity contribution in [1.29, 1.82) is 0 Å². The first-order valence-corrected chi connectivity index (χ1v) is 7.44. The standard InChI is InChI=1S/C18H17F2NO/c19-15-7-8-16(17(20)11-15)18(22)14-5-3-13(4-6-14)12-21-9-1-2-10-21/h3-8,11H,1-2,9-10,12H2. The zero-order valence-corrected chi connectivity index (χ0v) is 12.2. The van der Waals surface area contributed by atoms with Gasteiger partial charge in [-0.25, -0.2) is 8.78 Å². The Kier molecular flexibility index (Phi) is 4.29. The van der Waals surface area contributed by atoms with Gasteiger partial charge in [-0.05, 0) is 43.6 Å². The molecule has 1 heterocycles. The number of halogens is 2. The van der Waals surface area contributed by atoms with Crippen LogP contribution in [0.2, 0.25) is 0 Å². The molecule has 114 valence electrons. The first-order valence-electron chi connectivity index (χ1n) is 7.44. The van der Waals surface area contributed by atoms with E-state index in [1.807, 2.05) is 12.1 Å². The zero-order chi connectivity index (χ0) is 15.5. The van der Waals surface area contributed by atoms with Gasteiger partial charge in [-0.15, -0.1) is 0 Å². The lowest BCUT2D eigenvalue weighted by Gasteiger charge is -2.14. The van der Waals surface area contributed by atoms with Gasteiger partial charge in [-0.2, -0.15) is 0 Å². The quantitative estimate of drug-likeness (QED) is 0.801. The number of carbonyl (C=O) groups excluding carboxylic acids is 1. The van der Waals surface area contributed by atoms with E-state index in [1.165, 1.54) is 18.9 Å². The van der Waals surface area contributed by atoms with E-state index in [-0.39, 0.29) is 5.56 Å². The Balaban J connectivity index is 1.75. The number of rotatable bonds is 4. The molecule has 3 rings (SSSR count). The van der Waals surface area contributed by atoms with E-state index in [0.717, 1.165) is 37.3 Å². The number of carbonyl (C=O) groups is 1. The van der Waals surface area contributed by atoms with E-state index in [0.29, 0.717) is 5.56 Å². The third-order valence-corrected chi connectivity index (χ3v) is 4.00. The van der Waals surface area contributed by atoms with Gasteiger partial charge < -0.3 is 0 Å². The number of hydrogen-bond acceptors (Lipinski definition) is 2. The highest BCUT2D eigenvalue weighted by atomic mass is 19.1. The Bertz CT molecular complexity index is 676. The lowest BCUT2D eigenvalue weighted by molar-refractivity contribution is 0.103. The third-order valence-electron chi connectivity index (χ3n) is 4.00. The van der Waals surface area contributed by atoms with Crippen molar-refractivity contribution in [2.24, 2.45) is 0 Å². The molecular formula is C18H17F2NO. The molecule has 2 aromatic carbocycles. The van der Waals surface area contributed by atoms with Gasteiger partial charge in [-0.1, -0.05) is 24.3 Å². The molecule has 0 amide bonds. The Morgan fingerprint density at radius 1 is 1.00 bits per heavy atom. The molecule has 1 fully saturated rings. The fourth-order valence-electron chi connectivity index (χ4n) is 2.79. The van der Waals surface area contributed by atoms with Crippen LogP contribution in [0.5, 0.6) is 0 Å². The molecular weight excluding hydrogens is 284 g/mol. The summed E-state index contributed by atoms with van der Waals surface area (Å²) in [4.78, 5) is 14.6. The minimum absolute atomic E-state index is 0.103. The summed E-state index contributed by atoms with van der Waals surface area (Å²) in [5.74, 6) is -1.94. The third kappa shape index (κ3) is 3.22. The monoisotopic (exact) mass is 301 g/mol. The number of ketones is 1. The average molecular weight is 301 g/mol. The maximum atomic E-state index is 13.7. The summed E-state index contributed by atoms with van der Waals surface area (Å²) < 4.78 is 26.6. The van der Waals surface area contributed by atoms with Crippen molar-refractivity contribution in [2.45, 2.75) is 19.4 Å². The largest absolute Gasteiger partial charge is 0.299 e. The van der Waals surface area contributed by atoms with E-state index in [9.17, 15) is 13.6 Å². The molecule has 2 aromatic rings. The Morgan fingerprint density at radius 2 is 1.68 bits per heavy atom. The van der Waals surface area contributed by atoms with E-state index in [1.54, 1.807) is 12.1 Å². The number of likely N-dealkylation sites (tertiary alicyclic amines) is 1. The van der Waals surface area contributed by atoms with E-state index >= 15 is 0 Å². The van der Waals surface area contributed by atoms with Crippen molar-refractivity contribution in [1.82, 2.24) is 4.90 Å². The number of nitrogens with zero attached hydrogens (tertiary/aromatic N) is 1. The Morgan fingerprint density at radius 3 is 2.32 bits per heavy atom. The second-order valence-corrected chi connectivity index (χ2v) is 5.63. The second-order valence-electron chi connectivity index (χ2n) is 5.63. The van der Waals surface area contributed by atoms with Crippen LogP contribution in [0.4, 0.5) is 8.78 Å². The fraction of sp³-hybridized carbons (Fsp3) is 0.278. The Labute approximate surface area is 128 Å². The van der Waals surface area contributed by atoms with Crippen LogP contribution in [0.25, 0.3) is 0 Å². The van der Waals surface area contributed by atoms with Crippen LogP contribution in [0.3, 0.4) is 0 Å². The van der Waals surface area contributed by atoms with Crippen molar-refractivity contribution in [2.75, 3.05) is 13.1 Å². The first-order chi connectivity index (χ1) is 10.6. The Hall–Kier alpha value is -2.07. The van der Waals surface area contributed by atoms with Gasteiger partial charge in [0.1, 0.15) is 11.6 Å². The molecule has 0 bridgehead atoms. The highest BCUT2D eigenvalue weighted by Crippen LogP contribution is 2.17. The molecule has 1 aliphatic heterocycles. The van der Waals surface area contributed by atoms with Crippen LogP contribution in [-0.4, -0.2) is 23.8 Å². The summed E-state index contributed by atoms with van der Waals surface area (Å²) in [6.07, 6.45) is 2.47. The van der Waals surface area contributed by atoms with E-state index in [4.69, 9.17) is 0 Å². The van der Waals surface area contributed by atoms with Crippen molar-refractivity contribution in [3.63, 3.8) is 0 Å². The zero-order valence-electron chi connectivity index (χ0n) is 12.2. The molecule has 0 aromatic heterocycles. The molecule has 0 atom stereocenters. The average Bonchev–Trinajstić information content (AvgIpc) is 3.00. The van der Waals surface area contributed by atoms with E-state index in [2.05, 4.69) is 4.90 Å². The van der Waals surface area contributed by atoms with Gasteiger partial charge in [0.05, 0.1) is 5.56 Å². The molecule has 0 spiro atoms. The number of benzene rings is 2. The van der Waals surface area contributed by atoms with Crippen LogP contribution >= 0.6 is 0 Å². The fourth-order valence-corrected chi connectivity index (χ4v) is 2.79. The van der Waals surface area contributed by atoms with Crippen molar-refractivity contribution in [3.8, 4) is 0 Å². The van der Waals surface area contributed by atoms with Crippen LogP contribution in [-0.2, 0) is 6.54 Å². The maximum Gasteiger partial charge on any atom is 0.195 e. The molecule has 4 heteroatoms. The van der Waals surface area contributed by atoms with Gasteiger partial charge in [0, 0.05) is 18.2 Å². The van der Waals surface area contributed by atoms with Crippen LogP contribution in [0, 0.1) is 11.6 Å². The molecule has 1 aliphatic rings. The minimum Gasteiger partial charge on any atom is -0.299 e. The van der Waals surface area contributed by atoms with E-state index < -0.39 is 17.4 Å². The summed E-state index contributed by atoms with van der Waals surface area (Å²) in [5, 5.41) is 0. The lowest BCUT2D eigenvalue weighted by Crippen LogP contribution is -2.18. The normalized spacial score (nSPS) is 15.2. The summed E-state index contributed by atoms with van der Waals surface area (Å²) in [6, 6.07) is 10.2. The highest BCUT2D eigenvalue weighted by molar-refractivity contribution is 6.09. The maximum absolute atomic E-state index is 13.7. The lowest BCUT2D eigenvalue weighted by atomic mass is 10.0. The molecule has 1 saturated heterocycles.